The van der Waals surface area contributed by atoms with Crippen LogP contribution in [-0.4, -0.2) is 23.1 Å². The highest BCUT2D eigenvalue weighted by molar-refractivity contribution is 7.98. The predicted molar refractivity (Wildman–Crippen MR) is 118 cm³/mol. The van der Waals surface area contributed by atoms with Crippen LogP contribution in [0.1, 0.15) is 21.5 Å². The lowest BCUT2D eigenvalue weighted by atomic mass is 10.2. The minimum Gasteiger partial charge on any atom is -0.348 e. The van der Waals surface area contributed by atoms with Gasteiger partial charge in [-0.15, -0.1) is 11.8 Å². The lowest BCUT2D eigenvalue weighted by Gasteiger charge is -2.07. The van der Waals surface area contributed by atoms with Gasteiger partial charge in [0, 0.05) is 41.2 Å². The molecule has 29 heavy (non-hydrogen) atoms. The molecule has 5 nitrogen and oxygen atoms in total. The maximum absolute atomic E-state index is 12.1. The van der Waals surface area contributed by atoms with Crippen LogP contribution in [0.5, 0.6) is 0 Å². The maximum Gasteiger partial charge on any atom is 0.255 e. The summed E-state index contributed by atoms with van der Waals surface area (Å²) in [5.74, 6) is -0.349. The number of carbonyl (C=O) groups excluding carboxylic acids is 2. The zero-order valence-corrected chi connectivity index (χ0v) is 16.8. The zero-order valence-electron chi connectivity index (χ0n) is 16.0. The van der Waals surface area contributed by atoms with Crippen molar-refractivity contribution in [2.75, 3.05) is 11.6 Å². The van der Waals surface area contributed by atoms with E-state index in [9.17, 15) is 9.59 Å². The fourth-order valence-electron chi connectivity index (χ4n) is 2.55. The maximum atomic E-state index is 12.1. The number of pyridine rings is 1. The Morgan fingerprint density at radius 1 is 0.966 bits per heavy atom. The summed E-state index contributed by atoms with van der Waals surface area (Å²) in [6, 6.07) is 18.7. The van der Waals surface area contributed by atoms with Crippen molar-refractivity contribution in [3.05, 3.63) is 95.8 Å². The van der Waals surface area contributed by atoms with Gasteiger partial charge in [0.25, 0.3) is 5.91 Å². The fourth-order valence-corrected chi connectivity index (χ4v) is 2.96. The van der Waals surface area contributed by atoms with Crippen molar-refractivity contribution < 1.29 is 9.59 Å². The molecule has 0 radical (unpaired) electrons. The van der Waals surface area contributed by atoms with E-state index in [2.05, 4.69) is 15.6 Å². The van der Waals surface area contributed by atoms with Crippen LogP contribution in [0.15, 0.2) is 84.0 Å². The first-order valence-electron chi connectivity index (χ1n) is 9.04. The summed E-state index contributed by atoms with van der Waals surface area (Å²) in [7, 11) is 0. The van der Waals surface area contributed by atoms with E-state index in [1.54, 1.807) is 42.4 Å². The lowest BCUT2D eigenvalue weighted by Crippen LogP contribution is -2.20. The quantitative estimate of drug-likeness (QED) is 0.453. The Bertz CT molecular complexity index is 985. The molecular weight excluding hydrogens is 382 g/mol. The molecule has 0 aliphatic rings. The van der Waals surface area contributed by atoms with E-state index >= 15 is 0 Å². The number of hydrogen-bond donors (Lipinski definition) is 2. The Morgan fingerprint density at radius 2 is 1.66 bits per heavy atom. The van der Waals surface area contributed by atoms with Crippen LogP contribution in [0.3, 0.4) is 0 Å². The molecule has 0 aliphatic carbocycles. The molecule has 3 aromatic rings. The van der Waals surface area contributed by atoms with Gasteiger partial charge in [0.2, 0.25) is 5.91 Å². The van der Waals surface area contributed by atoms with Crippen molar-refractivity contribution >= 4 is 35.3 Å². The molecule has 1 aromatic heterocycles. The van der Waals surface area contributed by atoms with Crippen molar-refractivity contribution in [1.29, 1.82) is 0 Å². The van der Waals surface area contributed by atoms with E-state index < -0.39 is 0 Å². The Morgan fingerprint density at radius 3 is 2.31 bits per heavy atom. The first-order valence-corrected chi connectivity index (χ1v) is 10.3. The third kappa shape index (κ3) is 6.33. The summed E-state index contributed by atoms with van der Waals surface area (Å²) >= 11 is 1.68. The largest absolute Gasteiger partial charge is 0.348 e. The van der Waals surface area contributed by atoms with Crippen molar-refractivity contribution in [2.45, 2.75) is 11.4 Å². The highest BCUT2D eigenvalue weighted by atomic mass is 32.2. The molecule has 2 aromatic carbocycles. The van der Waals surface area contributed by atoms with Gasteiger partial charge in [0.05, 0.1) is 0 Å². The van der Waals surface area contributed by atoms with Crippen LogP contribution in [0, 0.1) is 0 Å². The number of thioether (sulfide) groups is 1. The lowest BCUT2D eigenvalue weighted by molar-refractivity contribution is -0.116. The number of hydrogen-bond acceptors (Lipinski definition) is 4. The van der Waals surface area contributed by atoms with Gasteiger partial charge in [-0.3, -0.25) is 14.6 Å². The molecular formula is C23H21N3O2S. The average molecular weight is 404 g/mol. The van der Waals surface area contributed by atoms with E-state index in [0.717, 1.165) is 11.1 Å². The highest BCUT2D eigenvalue weighted by Crippen LogP contribution is 2.15. The second-order valence-corrected chi connectivity index (χ2v) is 7.09. The summed E-state index contributed by atoms with van der Waals surface area (Å²) in [4.78, 5) is 29.2. The third-order valence-corrected chi connectivity index (χ3v) is 4.91. The van der Waals surface area contributed by atoms with Crippen molar-refractivity contribution in [1.82, 2.24) is 10.3 Å². The number of rotatable bonds is 7. The molecule has 2 amide bonds. The zero-order chi connectivity index (χ0) is 20.5. The number of aromatic nitrogens is 1. The predicted octanol–water partition coefficient (Wildman–Crippen LogP) is 4.39. The molecule has 2 N–H and O–H groups in total. The second kappa shape index (κ2) is 10.2. The van der Waals surface area contributed by atoms with Gasteiger partial charge in [0.15, 0.2) is 0 Å². The molecule has 0 fully saturated rings. The molecule has 0 atom stereocenters. The Labute approximate surface area is 174 Å². The number of benzene rings is 2. The molecule has 0 aliphatic heterocycles. The summed E-state index contributed by atoms with van der Waals surface area (Å²) in [5, 5.41) is 5.68. The standard InChI is InChI=1S/C23H21N3O2S/c1-29-21-9-4-17(5-10-21)6-11-22(27)25-16-18-2-7-20(8-3-18)26-23(28)19-12-14-24-15-13-19/h2-15H,16H2,1H3,(H,25,27)(H,26,28)/b11-6+. The third-order valence-electron chi connectivity index (χ3n) is 4.16. The van der Waals surface area contributed by atoms with Gasteiger partial charge in [0.1, 0.15) is 0 Å². The van der Waals surface area contributed by atoms with Crippen molar-refractivity contribution in [2.24, 2.45) is 0 Å². The van der Waals surface area contributed by atoms with E-state index in [-0.39, 0.29) is 11.8 Å². The summed E-state index contributed by atoms with van der Waals surface area (Å²) in [6.45, 7) is 0.410. The summed E-state index contributed by atoms with van der Waals surface area (Å²) < 4.78 is 0. The SMILES string of the molecule is CSc1ccc(/C=C/C(=O)NCc2ccc(NC(=O)c3ccncc3)cc2)cc1. The molecule has 0 bridgehead atoms. The number of nitrogens with zero attached hydrogens (tertiary/aromatic N) is 1. The Hall–Kier alpha value is -3.38. The second-order valence-electron chi connectivity index (χ2n) is 6.21. The normalized spacial score (nSPS) is 10.7. The average Bonchev–Trinajstić information content (AvgIpc) is 2.78. The van der Waals surface area contributed by atoms with Crippen LogP contribution in [0.4, 0.5) is 5.69 Å². The van der Waals surface area contributed by atoms with E-state index in [1.165, 1.54) is 11.0 Å². The topological polar surface area (TPSA) is 71.1 Å². The fraction of sp³-hybridized carbons (Fsp3) is 0.0870. The molecule has 0 saturated carbocycles. The minimum atomic E-state index is -0.191. The minimum absolute atomic E-state index is 0.158. The van der Waals surface area contributed by atoms with E-state index in [0.29, 0.717) is 17.8 Å². The molecule has 3 rings (SSSR count). The highest BCUT2D eigenvalue weighted by Gasteiger charge is 2.05. The monoisotopic (exact) mass is 403 g/mol. The number of nitrogens with one attached hydrogen (secondary N) is 2. The summed E-state index contributed by atoms with van der Waals surface area (Å²) in [5.41, 5.74) is 3.16. The molecule has 6 heteroatoms. The first kappa shape index (κ1) is 20.4. The number of anilines is 1. The van der Waals surface area contributed by atoms with Crippen LogP contribution in [0.25, 0.3) is 6.08 Å². The van der Waals surface area contributed by atoms with Crippen LogP contribution in [0.2, 0.25) is 0 Å². The van der Waals surface area contributed by atoms with Gasteiger partial charge in [-0.1, -0.05) is 24.3 Å². The van der Waals surface area contributed by atoms with E-state index in [4.69, 9.17) is 0 Å². The van der Waals surface area contributed by atoms with Gasteiger partial charge < -0.3 is 10.6 Å². The van der Waals surface area contributed by atoms with Crippen molar-refractivity contribution in [3.8, 4) is 0 Å². The number of carbonyl (C=O) groups is 2. The van der Waals surface area contributed by atoms with Crippen LogP contribution < -0.4 is 10.6 Å². The van der Waals surface area contributed by atoms with Gasteiger partial charge in [-0.25, -0.2) is 0 Å². The summed E-state index contributed by atoms with van der Waals surface area (Å²) in [6.07, 6.45) is 8.50. The van der Waals surface area contributed by atoms with E-state index in [1.807, 2.05) is 54.8 Å². The van der Waals surface area contributed by atoms with Crippen molar-refractivity contribution in [3.63, 3.8) is 0 Å². The van der Waals surface area contributed by atoms with Gasteiger partial charge in [-0.2, -0.15) is 0 Å². The molecule has 0 saturated heterocycles. The smallest absolute Gasteiger partial charge is 0.255 e. The van der Waals surface area contributed by atoms with Crippen LogP contribution in [-0.2, 0) is 11.3 Å². The molecule has 0 unspecified atom stereocenters. The number of amides is 2. The Balaban J connectivity index is 1.48. The Kier molecular flexibility index (Phi) is 7.19. The van der Waals surface area contributed by atoms with Gasteiger partial charge >= 0.3 is 0 Å². The van der Waals surface area contributed by atoms with Gasteiger partial charge in [-0.05, 0) is 59.9 Å². The molecule has 146 valence electrons. The first-order chi connectivity index (χ1) is 14.1. The van der Waals surface area contributed by atoms with Crippen LogP contribution >= 0.6 is 11.8 Å². The molecule has 0 spiro atoms. The molecule has 1 heterocycles.